The first-order valence-electron chi connectivity index (χ1n) is 6.68. The predicted octanol–water partition coefficient (Wildman–Crippen LogP) is 1.17. The van der Waals surface area contributed by atoms with Crippen molar-refractivity contribution in [2.75, 3.05) is 5.32 Å². The number of benzene rings is 1. The third-order valence-corrected chi connectivity index (χ3v) is 3.62. The summed E-state index contributed by atoms with van der Waals surface area (Å²) in [5, 5.41) is 15.1. The zero-order chi connectivity index (χ0) is 15.7. The maximum Gasteiger partial charge on any atom is 0.325 e. The minimum Gasteiger partial charge on any atom is -0.480 e. The van der Waals surface area contributed by atoms with E-state index in [-0.39, 0.29) is 24.2 Å². The summed E-state index contributed by atoms with van der Waals surface area (Å²) in [7, 11) is 0. The molecule has 0 bridgehead atoms. The zero-order valence-corrected chi connectivity index (χ0v) is 11.5. The number of carboxylic acid groups (broad SMARTS) is 1. The molecule has 1 aromatic heterocycles. The van der Waals surface area contributed by atoms with Gasteiger partial charge in [0.25, 0.3) is 0 Å². The van der Waals surface area contributed by atoms with Crippen LogP contribution in [-0.2, 0) is 21.5 Å². The molecule has 0 atom stereocenters. The number of rotatable bonds is 5. The summed E-state index contributed by atoms with van der Waals surface area (Å²) in [5.74, 6) is -1.72. The van der Waals surface area contributed by atoms with Crippen molar-refractivity contribution in [1.29, 1.82) is 0 Å². The first-order valence-corrected chi connectivity index (χ1v) is 6.68. The maximum absolute atomic E-state index is 13.3. The van der Waals surface area contributed by atoms with Crippen LogP contribution in [0.3, 0.4) is 0 Å². The van der Waals surface area contributed by atoms with E-state index in [2.05, 4.69) is 15.4 Å². The van der Waals surface area contributed by atoms with E-state index >= 15 is 0 Å². The molecule has 22 heavy (non-hydrogen) atoms. The Morgan fingerprint density at radius 2 is 2.18 bits per heavy atom. The van der Waals surface area contributed by atoms with Crippen LogP contribution in [0.25, 0.3) is 0 Å². The van der Waals surface area contributed by atoms with Crippen LogP contribution >= 0.6 is 0 Å². The van der Waals surface area contributed by atoms with Crippen molar-refractivity contribution >= 4 is 17.8 Å². The van der Waals surface area contributed by atoms with Crippen molar-refractivity contribution in [1.82, 2.24) is 14.8 Å². The molecule has 2 aromatic rings. The van der Waals surface area contributed by atoms with Gasteiger partial charge in [-0.15, -0.1) is 5.10 Å². The first kappa shape index (κ1) is 14.2. The smallest absolute Gasteiger partial charge is 0.325 e. The number of carbonyl (C=O) groups excluding carboxylic acids is 1. The fraction of sp³-hybridized carbons (Fsp3) is 0.286. The third kappa shape index (κ3) is 2.67. The van der Waals surface area contributed by atoms with Crippen molar-refractivity contribution in [2.45, 2.75) is 24.8 Å². The maximum atomic E-state index is 13.3. The molecule has 3 rings (SSSR count). The number of anilines is 1. The lowest BCUT2D eigenvalue weighted by Gasteiger charge is -2.14. The summed E-state index contributed by atoms with van der Waals surface area (Å²) in [4.78, 5) is 26.8. The van der Waals surface area contributed by atoms with E-state index < -0.39 is 11.4 Å². The Hall–Kier alpha value is -2.77. The highest BCUT2D eigenvalue weighted by atomic mass is 19.1. The summed E-state index contributed by atoms with van der Waals surface area (Å²) in [5.41, 5.74) is -0.129. The van der Waals surface area contributed by atoms with E-state index in [1.807, 2.05) is 0 Å². The summed E-state index contributed by atoms with van der Waals surface area (Å²) in [6, 6.07) is 5.96. The minimum absolute atomic E-state index is 0.0360. The molecule has 8 heteroatoms. The van der Waals surface area contributed by atoms with Gasteiger partial charge in [0.1, 0.15) is 18.7 Å². The second-order valence-electron chi connectivity index (χ2n) is 5.21. The number of hydrogen-bond acceptors (Lipinski definition) is 4. The van der Waals surface area contributed by atoms with E-state index in [4.69, 9.17) is 5.11 Å². The van der Waals surface area contributed by atoms with Gasteiger partial charge in [-0.3, -0.25) is 14.9 Å². The predicted molar refractivity (Wildman–Crippen MR) is 73.6 cm³/mol. The van der Waals surface area contributed by atoms with E-state index in [9.17, 15) is 14.0 Å². The number of carbonyl (C=O) groups is 2. The van der Waals surface area contributed by atoms with Crippen LogP contribution in [0.1, 0.15) is 18.4 Å². The number of amides is 1. The van der Waals surface area contributed by atoms with E-state index in [1.165, 1.54) is 18.5 Å². The lowest BCUT2D eigenvalue weighted by Crippen LogP contribution is -2.28. The Morgan fingerprint density at radius 1 is 1.41 bits per heavy atom. The molecular formula is C14H13FN4O3. The van der Waals surface area contributed by atoms with Crippen LogP contribution in [-0.4, -0.2) is 31.7 Å². The highest BCUT2D eigenvalue weighted by Gasteiger charge is 2.51. The Labute approximate surface area is 124 Å². The Bertz CT molecular complexity index is 739. The highest BCUT2D eigenvalue weighted by Crippen LogP contribution is 2.48. The summed E-state index contributed by atoms with van der Waals surface area (Å²) in [6.45, 7) is -0.335. The molecule has 0 spiro atoms. The van der Waals surface area contributed by atoms with Crippen LogP contribution < -0.4 is 5.32 Å². The van der Waals surface area contributed by atoms with Crippen molar-refractivity contribution in [2.24, 2.45) is 0 Å². The summed E-state index contributed by atoms with van der Waals surface area (Å²) >= 11 is 0. The van der Waals surface area contributed by atoms with Crippen LogP contribution in [0.4, 0.5) is 10.3 Å². The van der Waals surface area contributed by atoms with Crippen LogP contribution in [0.2, 0.25) is 0 Å². The lowest BCUT2D eigenvalue weighted by molar-refractivity contribution is -0.137. The van der Waals surface area contributed by atoms with Crippen molar-refractivity contribution in [3.63, 3.8) is 0 Å². The number of aliphatic carboxylic acids is 1. The van der Waals surface area contributed by atoms with Crippen molar-refractivity contribution in [3.8, 4) is 0 Å². The highest BCUT2D eigenvalue weighted by molar-refractivity contribution is 6.00. The van der Waals surface area contributed by atoms with E-state index in [0.29, 0.717) is 18.4 Å². The topological polar surface area (TPSA) is 97.1 Å². The van der Waals surface area contributed by atoms with Crippen LogP contribution in [0.15, 0.2) is 30.6 Å². The number of hydrogen-bond donors (Lipinski definition) is 2. The average Bonchev–Trinajstić information content (AvgIpc) is 3.16. The Kier molecular flexibility index (Phi) is 3.36. The number of halogens is 1. The van der Waals surface area contributed by atoms with Gasteiger partial charge in [0.15, 0.2) is 0 Å². The summed E-state index contributed by atoms with van der Waals surface area (Å²) < 4.78 is 14.4. The van der Waals surface area contributed by atoms with Gasteiger partial charge in [-0.05, 0) is 30.5 Å². The van der Waals surface area contributed by atoms with Crippen molar-refractivity contribution in [3.05, 3.63) is 42.0 Å². The number of aromatic nitrogens is 3. The molecule has 1 aromatic carbocycles. The second-order valence-corrected chi connectivity index (χ2v) is 5.21. The fourth-order valence-electron chi connectivity index (χ4n) is 2.35. The van der Waals surface area contributed by atoms with Gasteiger partial charge in [0.2, 0.25) is 11.9 Å². The lowest BCUT2D eigenvalue weighted by atomic mass is 9.95. The molecule has 1 saturated carbocycles. The van der Waals surface area contributed by atoms with E-state index in [0.717, 1.165) is 4.68 Å². The molecule has 1 amide bonds. The van der Waals surface area contributed by atoms with Crippen LogP contribution in [0, 0.1) is 5.82 Å². The standard InChI is InChI=1S/C14H13FN4O3/c15-10-3-1-2-9(6-10)14(4-5-14)12(22)17-13-16-8-19(18-13)7-11(20)21/h1-3,6,8H,4-5,7H2,(H,20,21)(H,17,18,22). The molecule has 0 aliphatic heterocycles. The van der Waals surface area contributed by atoms with Gasteiger partial charge in [0, 0.05) is 0 Å². The minimum atomic E-state index is -1.05. The Balaban J connectivity index is 1.74. The molecular weight excluding hydrogens is 291 g/mol. The van der Waals surface area contributed by atoms with Gasteiger partial charge in [-0.1, -0.05) is 12.1 Å². The van der Waals surface area contributed by atoms with Gasteiger partial charge >= 0.3 is 5.97 Å². The molecule has 1 aliphatic carbocycles. The number of carboxylic acids is 1. The third-order valence-electron chi connectivity index (χ3n) is 3.62. The molecule has 114 valence electrons. The SMILES string of the molecule is O=C(O)Cn1cnc(NC(=O)C2(c3cccc(F)c3)CC2)n1. The zero-order valence-electron chi connectivity index (χ0n) is 11.5. The fourth-order valence-corrected chi connectivity index (χ4v) is 2.35. The van der Waals surface area contributed by atoms with Gasteiger partial charge in [0.05, 0.1) is 5.41 Å². The Morgan fingerprint density at radius 3 is 2.82 bits per heavy atom. The van der Waals surface area contributed by atoms with Gasteiger partial charge in [-0.2, -0.15) is 0 Å². The molecule has 7 nitrogen and oxygen atoms in total. The molecule has 1 aliphatic rings. The van der Waals surface area contributed by atoms with Crippen LogP contribution in [0.5, 0.6) is 0 Å². The quantitative estimate of drug-likeness (QED) is 0.864. The first-order chi connectivity index (χ1) is 10.5. The monoisotopic (exact) mass is 304 g/mol. The van der Waals surface area contributed by atoms with E-state index in [1.54, 1.807) is 12.1 Å². The second kappa shape index (κ2) is 5.21. The number of nitrogens with zero attached hydrogens (tertiary/aromatic N) is 3. The molecule has 1 fully saturated rings. The molecule has 0 radical (unpaired) electrons. The summed E-state index contributed by atoms with van der Waals surface area (Å²) in [6.07, 6.45) is 2.47. The molecule has 0 saturated heterocycles. The molecule has 2 N–H and O–H groups in total. The van der Waals surface area contributed by atoms with Crippen molar-refractivity contribution < 1.29 is 19.1 Å². The largest absolute Gasteiger partial charge is 0.480 e. The molecule has 0 unspecified atom stereocenters. The average molecular weight is 304 g/mol. The number of nitrogens with one attached hydrogen (secondary N) is 1. The van der Waals surface area contributed by atoms with Gasteiger partial charge in [-0.25, -0.2) is 14.1 Å². The molecule has 1 heterocycles. The normalized spacial score (nSPS) is 15.3. The van der Waals surface area contributed by atoms with Gasteiger partial charge < -0.3 is 5.11 Å².